The molecular weight excluding hydrogens is 116 g/mol. The van der Waals surface area contributed by atoms with Crippen LogP contribution in [0.1, 0.15) is 13.3 Å². The van der Waals surface area contributed by atoms with E-state index in [4.69, 9.17) is 10.5 Å². The Morgan fingerprint density at radius 3 is 3.33 bits per heavy atom. The fraction of sp³-hybridized carbons (Fsp3) is 0.833. The van der Waals surface area contributed by atoms with Crippen molar-refractivity contribution in [2.45, 2.75) is 19.4 Å². The van der Waals surface area contributed by atoms with Gasteiger partial charge in [0.2, 0.25) is 0 Å². The van der Waals surface area contributed by atoms with E-state index >= 15 is 0 Å². The summed E-state index contributed by atoms with van der Waals surface area (Å²) in [5.41, 5.74) is 5.45. The number of rotatable bonds is 0. The van der Waals surface area contributed by atoms with Gasteiger partial charge in [0, 0.05) is 6.61 Å². The second-order valence-electron chi connectivity index (χ2n) is 2.31. The normalized spacial score (nSPS) is 29.0. The summed E-state index contributed by atoms with van der Waals surface area (Å²) in [7, 11) is 0. The van der Waals surface area contributed by atoms with Crippen molar-refractivity contribution in [2.24, 2.45) is 10.7 Å². The van der Waals surface area contributed by atoms with Crippen LogP contribution in [0.15, 0.2) is 4.99 Å². The highest BCUT2D eigenvalue weighted by atomic mass is 16.5. The molecule has 0 saturated carbocycles. The molecule has 3 heteroatoms. The minimum Gasteiger partial charge on any atom is -0.386 e. The Balaban J connectivity index is 2.49. The number of amidine groups is 1. The summed E-state index contributed by atoms with van der Waals surface area (Å²) in [4.78, 5) is 4.15. The summed E-state index contributed by atoms with van der Waals surface area (Å²) in [6.07, 6.45) is 0.987. The van der Waals surface area contributed by atoms with Crippen molar-refractivity contribution >= 4 is 5.84 Å². The van der Waals surface area contributed by atoms with Gasteiger partial charge in [-0.05, 0) is 13.3 Å². The molecule has 0 bridgehead atoms. The molecule has 0 aromatic rings. The first-order chi connectivity index (χ1) is 4.29. The number of aliphatic imine (C=N–C) groups is 1. The largest absolute Gasteiger partial charge is 0.386 e. The average Bonchev–Trinajstić information content (AvgIpc) is 1.93. The lowest BCUT2D eigenvalue weighted by atomic mass is 10.3. The van der Waals surface area contributed by atoms with Gasteiger partial charge in [-0.15, -0.1) is 0 Å². The van der Waals surface area contributed by atoms with Gasteiger partial charge >= 0.3 is 0 Å². The highest BCUT2D eigenvalue weighted by Gasteiger charge is 2.05. The van der Waals surface area contributed by atoms with Gasteiger partial charge < -0.3 is 10.5 Å². The molecule has 1 atom stereocenters. The van der Waals surface area contributed by atoms with Gasteiger partial charge in [0.1, 0.15) is 12.4 Å². The minimum absolute atomic E-state index is 0.340. The van der Waals surface area contributed by atoms with Crippen LogP contribution in [0.3, 0.4) is 0 Å². The van der Waals surface area contributed by atoms with Crippen LogP contribution in [-0.2, 0) is 4.74 Å². The Labute approximate surface area is 54.9 Å². The van der Waals surface area contributed by atoms with Crippen LogP contribution in [0, 0.1) is 0 Å². The van der Waals surface area contributed by atoms with E-state index in [1.165, 1.54) is 0 Å². The zero-order valence-corrected chi connectivity index (χ0v) is 5.63. The minimum atomic E-state index is 0.340. The molecule has 52 valence electrons. The third-order valence-corrected chi connectivity index (χ3v) is 1.32. The van der Waals surface area contributed by atoms with Gasteiger partial charge in [-0.25, -0.2) is 0 Å². The summed E-state index contributed by atoms with van der Waals surface area (Å²) in [5.74, 6) is 0.625. The van der Waals surface area contributed by atoms with Crippen LogP contribution in [0.5, 0.6) is 0 Å². The van der Waals surface area contributed by atoms with Crippen molar-refractivity contribution in [3.05, 3.63) is 0 Å². The van der Waals surface area contributed by atoms with Crippen LogP contribution in [0.2, 0.25) is 0 Å². The first-order valence-corrected chi connectivity index (χ1v) is 3.19. The Kier molecular flexibility index (Phi) is 2.05. The lowest BCUT2D eigenvalue weighted by Crippen LogP contribution is -2.18. The maximum atomic E-state index is 5.45. The average molecular weight is 128 g/mol. The van der Waals surface area contributed by atoms with Crippen molar-refractivity contribution in [3.8, 4) is 0 Å². The zero-order chi connectivity index (χ0) is 6.69. The Morgan fingerprint density at radius 2 is 2.56 bits per heavy atom. The maximum absolute atomic E-state index is 5.45. The molecule has 0 aromatic carbocycles. The van der Waals surface area contributed by atoms with Gasteiger partial charge in [0.25, 0.3) is 0 Å². The van der Waals surface area contributed by atoms with Crippen LogP contribution < -0.4 is 5.73 Å². The fourth-order valence-electron chi connectivity index (χ4n) is 0.816. The zero-order valence-electron chi connectivity index (χ0n) is 5.63. The van der Waals surface area contributed by atoms with Crippen molar-refractivity contribution in [2.75, 3.05) is 13.2 Å². The molecule has 0 fully saturated rings. The molecule has 0 saturated heterocycles. The molecule has 3 nitrogen and oxygen atoms in total. The molecule has 1 aliphatic heterocycles. The predicted molar refractivity (Wildman–Crippen MR) is 36.5 cm³/mol. The second kappa shape index (κ2) is 2.82. The first-order valence-electron chi connectivity index (χ1n) is 3.19. The van der Waals surface area contributed by atoms with E-state index in [-0.39, 0.29) is 0 Å². The number of hydrogen-bond donors (Lipinski definition) is 1. The second-order valence-corrected chi connectivity index (χ2v) is 2.31. The maximum Gasteiger partial charge on any atom is 0.120 e. The Hall–Kier alpha value is -0.570. The number of hydrogen-bond acceptors (Lipinski definition) is 3. The quantitative estimate of drug-likeness (QED) is 0.505. The van der Waals surface area contributed by atoms with Crippen LogP contribution >= 0.6 is 0 Å². The lowest BCUT2D eigenvalue weighted by Gasteiger charge is -1.98. The van der Waals surface area contributed by atoms with E-state index in [0.717, 1.165) is 13.0 Å². The SMILES string of the molecule is CC1CCOCC(N)=N1. The molecule has 0 spiro atoms. The molecule has 2 N–H and O–H groups in total. The molecular formula is C6H12N2O. The topological polar surface area (TPSA) is 47.6 Å². The summed E-state index contributed by atoms with van der Waals surface area (Å²) in [5, 5.41) is 0. The summed E-state index contributed by atoms with van der Waals surface area (Å²) < 4.78 is 5.12. The van der Waals surface area contributed by atoms with Crippen LogP contribution in [0.25, 0.3) is 0 Å². The predicted octanol–water partition coefficient (Wildman–Crippen LogP) is 0.152. The molecule has 0 aromatic heterocycles. The number of nitrogens with zero attached hydrogens (tertiary/aromatic N) is 1. The molecule has 1 aliphatic rings. The third-order valence-electron chi connectivity index (χ3n) is 1.32. The molecule has 1 unspecified atom stereocenters. The van der Waals surface area contributed by atoms with Crippen molar-refractivity contribution in [1.82, 2.24) is 0 Å². The third kappa shape index (κ3) is 2.01. The van der Waals surface area contributed by atoms with Crippen molar-refractivity contribution < 1.29 is 4.74 Å². The van der Waals surface area contributed by atoms with E-state index < -0.39 is 0 Å². The van der Waals surface area contributed by atoms with E-state index in [2.05, 4.69) is 4.99 Å². The van der Waals surface area contributed by atoms with Gasteiger partial charge in [-0.2, -0.15) is 0 Å². The number of ether oxygens (including phenoxy) is 1. The van der Waals surface area contributed by atoms with Gasteiger partial charge in [0.15, 0.2) is 0 Å². The molecule has 9 heavy (non-hydrogen) atoms. The molecule has 0 radical (unpaired) electrons. The van der Waals surface area contributed by atoms with E-state index in [1.807, 2.05) is 6.92 Å². The summed E-state index contributed by atoms with van der Waals surface area (Å²) in [6, 6.07) is 0.340. The fourth-order valence-corrected chi connectivity index (χ4v) is 0.816. The molecule has 0 aliphatic carbocycles. The van der Waals surface area contributed by atoms with Gasteiger partial charge in [-0.3, -0.25) is 4.99 Å². The smallest absolute Gasteiger partial charge is 0.120 e. The first kappa shape index (κ1) is 6.55. The Bertz CT molecular complexity index is 122. The molecule has 1 rings (SSSR count). The van der Waals surface area contributed by atoms with E-state index in [0.29, 0.717) is 18.5 Å². The standard InChI is InChI=1S/C6H12N2O/c1-5-2-3-9-4-6(7)8-5/h5H,2-4H2,1H3,(H2,7,8). The number of nitrogens with two attached hydrogens (primary N) is 1. The van der Waals surface area contributed by atoms with Crippen LogP contribution in [0.4, 0.5) is 0 Å². The lowest BCUT2D eigenvalue weighted by molar-refractivity contribution is 0.170. The monoisotopic (exact) mass is 128 g/mol. The molecule has 0 amide bonds. The van der Waals surface area contributed by atoms with Gasteiger partial charge in [-0.1, -0.05) is 0 Å². The van der Waals surface area contributed by atoms with Crippen LogP contribution in [-0.4, -0.2) is 25.1 Å². The summed E-state index contributed by atoms with van der Waals surface area (Å²) >= 11 is 0. The van der Waals surface area contributed by atoms with Crippen molar-refractivity contribution in [3.63, 3.8) is 0 Å². The van der Waals surface area contributed by atoms with Crippen molar-refractivity contribution in [1.29, 1.82) is 0 Å². The van der Waals surface area contributed by atoms with E-state index in [1.54, 1.807) is 0 Å². The summed E-state index contributed by atoms with van der Waals surface area (Å²) in [6.45, 7) is 3.33. The highest BCUT2D eigenvalue weighted by Crippen LogP contribution is 2.00. The highest BCUT2D eigenvalue weighted by molar-refractivity contribution is 5.81. The van der Waals surface area contributed by atoms with Gasteiger partial charge in [0.05, 0.1) is 6.04 Å². The Morgan fingerprint density at radius 1 is 1.78 bits per heavy atom. The molecule has 1 heterocycles. The van der Waals surface area contributed by atoms with E-state index in [9.17, 15) is 0 Å².